The number of halogens is 3. The molecule has 100 valence electrons. The van der Waals surface area contributed by atoms with Crippen LogP contribution in [-0.4, -0.2) is 26.8 Å². The summed E-state index contributed by atoms with van der Waals surface area (Å²) in [6, 6.07) is 5.94. The van der Waals surface area contributed by atoms with E-state index in [1.54, 1.807) is 23.0 Å². The molecule has 2 aromatic rings. The van der Waals surface area contributed by atoms with Gasteiger partial charge >= 0.3 is 12.1 Å². The first-order chi connectivity index (χ1) is 8.88. The maximum Gasteiger partial charge on any atom is 0.471 e. The molecule has 1 aromatic heterocycles. The van der Waals surface area contributed by atoms with Crippen LogP contribution in [0.4, 0.5) is 18.9 Å². The third-order valence-electron chi connectivity index (χ3n) is 2.35. The highest BCUT2D eigenvalue weighted by Crippen LogP contribution is 2.22. The molecular weight excluding hydrogens is 261 g/mol. The van der Waals surface area contributed by atoms with Gasteiger partial charge in [0.1, 0.15) is 6.33 Å². The molecule has 0 aliphatic heterocycles. The summed E-state index contributed by atoms with van der Waals surface area (Å²) in [5, 5.41) is 9.29. The molecule has 1 heterocycles. The molecule has 0 bridgehead atoms. The molecule has 2 rings (SSSR count). The van der Waals surface area contributed by atoms with Gasteiger partial charge in [-0.25, -0.2) is 0 Å². The van der Waals surface area contributed by atoms with E-state index in [1.165, 1.54) is 24.5 Å². The zero-order valence-electron chi connectivity index (χ0n) is 9.77. The van der Waals surface area contributed by atoms with Crippen molar-refractivity contribution >= 4 is 11.6 Å². The average Bonchev–Trinajstić information content (AvgIpc) is 2.74. The number of carbonyl (C=O) groups excluding carboxylic acids is 1. The first-order valence-electron chi connectivity index (χ1n) is 5.20. The smallest absolute Gasteiger partial charge is 0.318 e. The van der Waals surface area contributed by atoms with Crippen molar-refractivity contribution < 1.29 is 18.0 Å². The maximum atomic E-state index is 12.1. The van der Waals surface area contributed by atoms with Crippen molar-refractivity contribution in [3.05, 3.63) is 30.6 Å². The van der Waals surface area contributed by atoms with Crippen LogP contribution in [0.25, 0.3) is 11.4 Å². The van der Waals surface area contributed by atoms with Gasteiger partial charge in [0.25, 0.3) is 0 Å². The van der Waals surface area contributed by atoms with Crippen molar-refractivity contribution in [1.82, 2.24) is 14.8 Å². The molecule has 0 unspecified atom stereocenters. The molecule has 1 aromatic carbocycles. The van der Waals surface area contributed by atoms with E-state index < -0.39 is 12.1 Å². The van der Waals surface area contributed by atoms with Crippen LogP contribution in [0.3, 0.4) is 0 Å². The van der Waals surface area contributed by atoms with Gasteiger partial charge in [-0.3, -0.25) is 4.79 Å². The second-order valence-electron chi connectivity index (χ2n) is 3.80. The molecule has 1 amide bonds. The molecule has 19 heavy (non-hydrogen) atoms. The van der Waals surface area contributed by atoms with Crippen LogP contribution in [-0.2, 0) is 11.8 Å². The number of aromatic nitrogens is 3. The zero-order valence-corrected chi connectivity index (χ0v) is 9.77. The summed E-state index contributed by atoms with van der Waals surface area (Å²) in [4.78, 5) is 10.8. The van der Waals surface area contributed by atoms with Crippen LogP contribution in [0.2, 0.25) is 0 Å². The first kappa shape index (κ1) is 13.1. The van der Waals surface area contributed by atoms with E-state index in [4.69, 9.17) is 0 Å². The number of aryl methyl sites for hydroxylation is 1. The van der Waals surface area contributed by atoms with E-state index in [2.05, 4.69) is 10.2 Å². The second kappa shape index (κ2) is 4.71. The molecule has 0 atom stereocenters. The number of nitrogens with zero attached hydrogens (tertiary/aromatic N) is 3. The number of alkyl halides is 3. The molecule has 0 radical (unpaired) electrons. The standard InChI is InChI=1S/C11H9F3N4O/c1-18-6-15-17-9(18)7-3-2-4-8(5-7)16-10(19)11(12,13)14/h2-6H,1H3,(H,16,19). The number of hydrogen-bond acceptors (Lipinski definition) is 3. The third-order valence-corrected chi connectivity index (χ3v) is 2.35. The summed E-state index contributed by atoms with van der Waals surface area (Å²) in [5.74, 6) is -1.52. The summed E-state index contributed by atoms with van der Waals surface area (Å²) < 4.78 is 38.0. The van der Waals surface area contributed by atoms with Gasteiger partial charge in [-0.15, -0.1) is 10.2 Å². The molecular formula is C11H9F3N4O. The monoisotopic (exact) mass is 270 g/mol. The topological polar surface area (TPSA) is 59.8 Å². The van der Waals surface area contributed by atoms with Crippen molar-refractivity contribution in [2.24, 2.45) is 7.05 Å². The Kier molecular flexibility index (Phi) is 3.24. The Balaban J connectivity index is 2.26. The van der Waals surface area contributed by atoms with Crippen molar-refractivity contribution in [3.8, 4) is 11.4 Å². The normalized spacial score (nSPS) is 11.4. The van der Waals surface area contributed by atoms with Crippen molar-refractivity contribution in [2.75, 3.05) is 5.32 Å². The van der Waals surface area contributed by atoms with Crippen molar-refractivity contribution in [2.45, 2.75) is 6.18 Å². The third kappa shape index (κ3) is 2.90. The van der Waals surface area contributed by atoms with Crippen LogP contribution in [0.1, 0.15) is 0 Å². The maximum absolute atomic E-state index is 12.1. The molecule has 8 heteroatoms. The van der Waals surface area contributed by atoms with Crippen LogP contribution < -0.4 is 5.32 Å². The van der Waals surface area contributed by atoms with Gasteiger partial charge < -0.3 is 9.88 Å². The molecule has 0 spiro atoms. The van der Waals surface area contributed by atoms with Crippen LogP contribution in [0, 0.1) is 0 Å². The molecule has 0 aliphatic carbocycles. The predicted molar refractivity (Wildman–Crippen MR) is 61.1 cm³/mol. The van der Waals surface area contributed by atoms with E-state index >= 15 is 0 Å². The molecule has 0 saturated heterocycles. The van der Waals surface area contributed by atoms with E-state index in [0.29, 0.717) is 11.4 Å². The summed E-state index contributed by atoms with van der Waals surface area (Å²) >= 11 is 0. The number of hydrogen-bond donors (Lipinski definition) is 1. The number of nitrogens with one attached hydrogen (secondary N) is 1. The van der Waals surface area contributed by atoms with Gasteiger partial charge in [0.05, 0.1) is 0 Å². The SMILES string of the molecule is Cn1cnnc1-c1cccc(NC(=O)C(F)(F)F)c1. The largest absolute Gasteiger partial charge is 0.471 e. The van der Waals surface area contributed by atoms with Crippen LogP contribution in [0.5, 0.6) is 0 Å². The fraction of sp³-hybridized carbons (Fsp3) is 0.182. The van der Waals surface area contributed by atoms with Crippen molar-refractivity contribution in [3.63, 3.8) is 0 Å². The minimum absolute atomic E-state index is 0.0443. The van der Waals surface area contributed by atoms with Gasteiger partial charge in [0.15, 0.2) is 5.82 Å². The number of anilines is 1. The Morgan fingerprint density at radius 3 is 2.68 bits per heavy atom. The second-order valence-corrected chi connectivity index (χ2v) is 3.80. The van der Waals surface area contributed by atoms with Gasteiger partial charge in [-0.05, 0) is 12.1 Å². The Hall–Kier alpha value is -2.38. The number of benzene rings is 1. The summed E-state index contributed by atoms with van der Waals surface area (Å²) in [6.07, 6.45) is -3.45. The Bertz CT molecular complexity index is 606. The van der Waals surface area contributed by atoms with Gasteiger partial charge in [-0.1, -0.05) is 12.1 Å². The zero-order chi connectivity index (χ0) is 14.0. The highest BCUT2D eigenvalue weighted by molar-refractivity contribution is 5.95. The summed E-state index contributed by atoms with van der Waals surface area (Å²) in [5.41, 5.74) is 0.600. The average molecular weight is 270 g/mol. The van der Waals surface area contributed by atoms with Crippen molar-refractivity contribution in [1.29, 1.82) is 0 Å². The Morgan fingerprint density at radius 1 is 1.37 bits per heavy atom. The lowest BCUT2D eigenvalue weighted by Crippen LogP contribution is -2.29. The minimum atomic E-state index is -4.92. The number of carbonyl (C=O) groups is 1. The number of rotatable bonds is 2. The quantitative estimate of drug-likeness (QED) is 0.907. The summed E-state index contributed by atoms with van der Waals surface area (Å²) in [6.45, 7) is 0. The lowest BCUT2D eigenvalue weighted by Gasteiger charge is -2.09. The highest BCUT2D eigenvalue weighted by Gasteiger charge is 2.38. The van der Waals surface area contributed by atoms with Crippen LogP contribution >= 0.6 is 0 Å². The number of amides is 1. The molecule has 0 aliphatic rings. The fourth-order valence-electron chi connectivity index (χ4n) is 1.48. The first-order valence-corrected chi connectivity index (χ1v) is 5.20. The van der Waals surface area contributed by atoms with E-state index in [0.717, 1.165) is 0 Å². The van der Waals surface area contributed by atoms with Gasteiger partial charge in [-0.2, -0.15) is 13.2 Å². The molecule has 0 fully saturated rings. The Morgan fingerprint density at radius 2 is 2.11 bits per heavy atom. The lowest BCUT2D eigenvalue weighted by molar-refractivity contribution is -0.167. The molecule has 5 nitrogen and oxygen atoms in total. The molecule has 0 saturated carbocycles. The van der Waals surface area contributed by atoms with E-state index in [9.17, 15) is 18.0 Å². The lowest BCUT2D eigenvalue weighted by atomic mass is 10.2. The molecule has 1 N–H and O–H groups in total. The van der Waals surface area contributed by atoms with E-state index in [1.807, 2.05) is 0 Å². The Labute approximate surface area is 106 Å². The fourth-order valence-corrected chi connectivity index (χ4v) is 1.48. The van der Waals surface area contributed by atoms with E-state index in [-0.39, 0.29) is 5.69 Å². The van der Waals surface area contributed by atoms with Crippen LogP contribution in [0.15, 0.2) is 30.6 Å². The van der Waals surface area contributed by atoms with Gasteiger partial charge in [0.2, 0.25) is 0 Å². The summed E-state index contributed by atoms with van der Waals surface area (Å²) in [7, 11) is 1.70. The minimum Gasteiger partial charge on any atom is -0.318 e. The highest BCUT2D eigenvalue weighted by atomic mass is 19.4. The predicted octanol–water partition coefficient (Wildman–Crippen LogP) is 1.98. The van der Waals surface area contributed by atoms with Gasteiger partial charge in [0, 0.05) is 18.3 Å².